The van der Waals surface area contributed by atoms with E-state index in [1.165, 1.54) is 11.8 Å². The summed E-state index contributed by atoms with van der Waals surface area (Å²) in [5.74, 6) is 1.75. The summed E-state index contributed by atoms with van der Waals surface area (Å²) in [4.78, 5) is 13.7. The van der Waals surface area contributed by atoms with E-state index in [4.69, 9.17) is 26.4 Å². The van der Waals surface area contributed by atoms with Gasteiger partial charge < -0.3 is 30.2 Å². The summed E-state index contributed by atoms with van der Waals surface area (Å²) in [6, 6.07) is 20.5. The minimum absolute atomic E-state index is 0.139. The summed E-state index contributed by atoms with van der Waals surface area (Å²) in [7, 11) is 4.74. The number of benzene rings is 3. The van der Waals surface area contributed by atoms with E-state index in [-0.39, 0.29) is 11.2 Å². The number of hydrogen-bond donors (Lipinski definition) is 3. The molecule has 0 radical (unpaired) electrons. The van der Waals surface area contributed by atoms with Gasteiger partial charge in [-0.15, -0.1) is 11.8 Å². The Hall–Kier alpha value is -3.43. The third kappa shape index (κ3) is 6.79. The molecule has 3 N–H and O–H groups in total. The lowest BCUT2D eigenvalue weighted by Gasteiger charge is -2.16. The Labute approximate surface area is 209 Å². The Bertz CT molecular complexity index is 1160. The summed E-state index contributed by atoms with van der Waals surface area (Å²) in [5, 5.41) is 9.32. The second-order valence-electron chi connectivity index (χ2n) is 7.12. The fraction of sp³-hybridized carbons (Fsp3) is 0.200. The predicted octanol–water partition coefficient (Wildman–Crippen LogP) is 5.64. The highest BCUT2D eigenvalue weighted by molar-refractivity contribution is 8.00. The van der Waals surface area contributed by atoms with Gasteiger partial charge in [0.25, 0.3) is 0 Å². The Morgan fingerprint density at radius 2 is 1.56 bits per heavy atom. The summed E-state index contributed by atoms with van der Waals surface area (Å²) < 4.78 is 15.9. The summed E-state index contributed by atoms with van der Waals surface area (Å²) >= 11 is 6.89. The first-order valence-corrected chi connectivity index (χ1v) is 11.7. The third-order valence-electron chi connectivity index (χ3n) is 4.80. The maximum Gasteiger partial charge on any atom is 0.237 e. The number of thiocarbonyl (C=S) groups is 1. The van der Waals surface area contributed by atoms with E-state index in [1.54, 1.807) is 39.5 Å². The van der Waals surface area contributed by atoms with Crippen LogP contribution in [0.3, 0.4) is 0 Å². The molecule has 0 aliphatic heterocycles. The topological polar surface area (TPSA) is 80.9 Å². The maximum atomic E-state index is 12.8. The largest absolute Gasteiger partial charge is 0.497 e. The number of rotatable bonds is 9. The SMILES string of the molecule is COc1ccc(NC(=O)C(C)Sc2cccc(NC(=S)Nc3ccccc3OC)c2)c(OC)c1. The van der Waals surface area contributed by atoms with Crippen molar-refractivity contribution in [2.75, 3.05) is 37.3 Å². The van der Waals surface area contributed by atoms with Crippen molar-refractivity contribution in [1.82, 2.24) is 0 Å². The van der Waals surface area contributed by atoms with Crippen LogP contribution < -0.4 is 30.2 Å². The van der Waals surface area contributed by atoms with Crippen molar-refractivity contribution in [3.63, 3.8) is 0 Å². The lowest BCUT2D eigenvalue weighted by atomic mass is 10.2. The van der Waals surface area contributed by atoms with E-state index in [0.29, 0.717) is 28.0 Å². The smallest absolute Gasteiger partial charge is 0.237 e. The van der Waals surface area contributed by atoms with Crippen molar-refractivity contribution in [2.45, 2.75) is 17.1 Å². The number of carbonyl (C=O) groups excluding carboxylic acids is 1. The molecule has 0 bridgehead atoms. The lowest BCUT2D eigenvalue weighted by molar-refractivity contribution is -0.115. The van der Waals surface area contributed by atoms with Crippen molar-refractivity contribution < 1.29 is 19.0 Å². The van der Waals surface area contributed by atoms with Gasteiger partial charge in [0.05, 0.1) is 38.0 Å². The van der Waals surface area contributed by atoms with Gasteiger partial charge in [-0.2, -0.15) is 0 Å². The number of nitrogens with one attached hydrogen (secondary N) is 3. The molecule has 178 valence electrons. The number of para-hydroxylation sites is 2. The number of thioether (sulfide) groups is 1. The van der Waals surface area contributed by atoms with Crippen molar-refractivity contribution in [3.05, 3.63) is 66.7 Å². The molecule has 0 heterocycles. The predicted molar refractivity (Wildman–Crippen MR) is 143 cm³/mol. The monoisotopic (exact) mass is 497 g/mol. The van der Waals surface area contributed by atoms with Crippen molar-refractivity contribution in [2.24, 2.45) is 0 Å². The van der Waals surface area contributed by atoms with Gasteiger partial charge in [0.15, 0.2) is 5.11 Å². The van der Waals surface area contributed by atoms with E-state index in [1.807, 2.05) is 55.5 Å². The van der Waals surface area contributed by atoms with Gasteiger partial charge in [-0.25, -0.2) is 0 Å². The van der Waals surface area contributed by atoms with Crippen LogP contribution in [0, 0.1) is 0 Å². The van der Waals surface area contributed by atoms with Crippen LogP contribution in [0.4, 0.5) is 17.1 Å². The number of amides is 1. The second-order valence-corrected chi connectivity index (χ2v) is 8.95. The van der Waals surface area contributed by atoms with Crippen LogP contribution in [0.2, 0.25) is 0 Å². The molecule has 3 rings (SSSR count). The molecule has 0 saturated carbocycles. The molecule has 1 unspecified atom stereocenters. The van der Waals surface area contributed by atoms with E-state index >= 15 is 0 Å². The van der Waals surface area contributed by atoms with Gasteiger partial charge in [-0.1, -0.05) is 18.2 Å². The van der Waals surface area contributed by atoms with Crippen LogP contribution in [0.5, 0.6) is 17.2 Å². The highest BCUT2D eigenvalue weighted by Gasteiger charge is 2.17. The molecule has 1 atom stereocenters. The number of ether oxygens (including phenoxy) is 3. The number of methoxy groups -OCH3 is 3. The zero-order valence-corrected chi connectivity index (χ0v) is 21.0. The Morgan fingerprint density at radius 3 is 2.29 bits per heavy atom. The molecule has 0 spiro atoms. The molecule has 1 amide bonds. The van der Waals surface area contributed by atoms with Gasteiger partial charge in [0, 0.05) is 16.6 Å². The van der Waals surface area contributed by atoms with E-state index in [2.05, 4.69) is 16.0 Å². The molecule has 34 heavy (non-hydrogen) atoms. The minimum Gasteiger partial charge on any atom is -0.497 e. The highest BCUT2D eigenvalue weighted by Crippen LogP contribution is 2.31. The zero-order chi connectivity index (χ0) is 24.5. The van der Waals surface area contributed by atoms with Gasteiger partial charge >= 0.3 is 0 Å². The van der Waals surface area contributed by atoms with Gasteiger partial charge in [-0.3, -0.25) is 4.79 Å². The first kappa shape index (κ1) is 25.2. The Balaban J connectivity index is 1.61. The maximum absolute atomic E-state index is 12.8. The average Bonchev–Trinajstić information content (AvgIpc) is 2.84. The lowest BCUT2D eigenvalue weighted by Crippen LogP contribution is -2.22. The van der Waals surface area contributed by atoms with Crippen LogP contribution in [0.25, 0.3) is 0 Å². The first-order valence-electron chi connectivity index (χ1n) is 10.4. The summed E-state index contributed by atoms with van der Waals surface area (Å²) in [5.41, 5.74) is 2.16. The van der Waals surface area contributed by atoms with E-state index in [9.17, 15) is 4.79 Å². The zero-order valence-electron chi connectivity index (χ0n) is 19.4. The molecule has 0 fully saturated rings. The van der Waals surface area contributed by atoms with Crippen molar-refractivity contribution >= 4 is 52.1 Å². The molecular formula is C25H27N3O4S2. The van der Waals surface area contributed by atoms with Crippen LogP contribution >= 0.6 is 24.0 Å². The van der Waals surface area contributed by atoms with Gasteiger partial charge in [0.2, 0.25) is 5.91 Å². The third-order valence-corrected chi connectivity index (χ3v) is 6.09. The standard InChI is InChI=1S/C25H27N3O4S2/c1-16(24(29)27-21-13-12-18(30-2)15-23(21)32-4)34-19-9-7-8-17(14-19)26-25(33)28-20-10-5-6-11-22(20)31-3/h5-16H,1-4H3,(H,27,29)(H2,26,28,33). The quantitative estimate of drug-likeness (QED) is 0.259. The second kappa shape index (κ2) is 12.2. The Kier molecular flexibility index (Phi) is 9.00. The fourth-order valence-corrected chi connectivity index (χ4v) is 4.23. The highest BCUT2D eigenvalue weighted by atomic mass is 32.2. The number of anilines is 3. The molecule has 3 aromatic carbocycles. The summed E-state index contributed by atoms with van der Waals surface area (Å²) in [6.45, 7) is 1.85. The minimum atomic E-state index is -0.347. The van der Waals surface area contributed by atoms with Gasteiger partial charge in [-0.05, 0) is 61.6 Å². The summed E-state index contributed by atoms with van der Waals surface area (Å²) in [6.07, 6.45) is 0. The Morgan fingerprint density at radius 1 is 0.824 bits per heavy atom. The van der Waals surface area contributed by atoms with Crippen molar-refractivity contribution in [3.8, 4) is 17.2 Å². The molecule has 0 aliphatic carbocycles. The first-order chi connectivity index (χ1) is 16.4. The van der Waals surface area contributed by atoms with Crippen LogP contribution in [-0.4, -0.2) is 37.6 Å². The van der Waals surface area contributed by atoms with E-state index < -0.39 is 0 Å². The molecule has 0 saturated heterocycles. The molecule has 0 aliphatic rings. The van der Waals surface area contributed by atoms with Crippen LogP contribution in [0.15, 0.2) is 71.6 Å². The van der Waals surface area contributed by atoms with E-state index in [0.717, 1.165) is 16.3 Å². The molecule has 7 nitrogen and oxygen atoms in total. The fourth-order valence-electron chi connectivity index (χ4n) is 3.07. The van der Waals surface area contributed by atoms with Crippen LogP contribution in [0.1, 0.15) is 6.92 Å². The van der Waals surface area contributed by atoms with Gasteiger partial charge in [0.1, 0.15) is 17.2 Å². The number of carbonyl (C=O) groups is 1. The average molecular weight is 498 g/mol. The molecule has 0 aromatic heterocycles. The molecule has 9 heteroatoms. The molecule has 3 aromatic rings. The van der Waals surface area contributed by atoms with Crippen LogP contribution in [-0.2, 0) is 4.79 Å². The normalized spacial score (nSPS) is 11.2. The van der Waals surface area contributed by atoms with Crippen molar-refractivity contribution in [1.29, 1.82) is 0 Å². The molecular weight excluding hydrogens is 470 g/mol. The number of hydrogen-bond acceptors (Lipinski definition) is 6.